The molecule has 1 aliphatic carbocycles. The Kier molecular flexibility index (Phi) is 3.90. The highest BCUT2D eigenvalue weighted by Crippen LogP contribution is 2.57. The average molecular weight is 394 g/mol. The zero-order valence-electron chi connectivity index (χ0n) is 16.8. The summed E-state index contributed by atoms with van der Waals surface area (Å²) in [5, 5.41) is 30.6. The number of hydrogen-bond donors (Lipinski definition) is 3. The van der Waals surface area contributed by atoms with E-state index in [0.29, 0.717) is 0 Å². The lowest BCUT2D eigenvalue weighted by molar-refractivity contribution is 0.402. The molecule has 0 heterocycles. The number of benzene rings is 4. The lowest BCUT2D eigenvalue weighted by Crippen LogP contribution is -2.28. The van der Waals surface area contributed by atoms with Gasteiger partial charge in [-0.15, -0.1) is 0 Å². The van der Waals surface area contributed by atoms with E-state index < -0.39 is 5.41 Å². The fourth-order valence-corrected chi connectivity index (χ4v) is 4.85. The molecule has 3 N–H and O–H groups in total. The molecule has 0 spiro atoms. The SMILES string of the molecule is Cc1ccc2c(c1)-c1cc(C)ccc1C2(c1cccc(O)c1)c1ccc(O)c(O)c1. The second kappa shape index (κ2) is 6.39. The van der Waals surface area contributed by atoms with Crippen molar-refractivity contribution >= 4 is 0 Å². The number of phenols is 3. The highest BCUT2D eigenvalue weighted by molar-refractivity contribution is 5.87. The fraction of sp³-hybridized carbons (Fsp3) is 0.111. The predicted octanol–water partition coefficient (Wildman–Crippen LogP) is 5.78. The lowest BCUT2D eigenvalue weighted by atomic mass is 9.67. The molecule has 148 valence electrons. The first-order valence-corrected chi connectivity index (χ1v) is 9.96. The van der Waals surface area contributed by atoms with Crippen LogP contribution in [0.25, 0.3) is 11.1 Å². The summed E-state index contributed by atoms with van der Waals surface area (Å²) in [5.74, 6) is -0.138. The molecule has 0 radical (unpaired) electrons. The number of hydrogen-bond acceptors (Lipinski definition) is 3. The number of phenolic OH excluding ortho intramolecular Hbond substituents is 3. The molecule has 4 aromatic rings. The molecule has 3 nitrogen and oxygen atoms in total. The maximum atomic E-state index is 10.4. The van der Waals surface area contributed by atoms with Crippen molar-refractivity contribution in [3.8, 4) is 28.4 Å². The molecule has 0 atom stereocenters. The molecule has 1 aliphatic rings. The Morgan fingerprint density at radius 1 is 0.567 bits per heavy atom. The maximum Gasteiger partial charge on any atom is 0.157 e. The number of fused-ring (bicyclic) bond motifs is 3. The molecular weight excluding hydrogens is 372 g/mol. The van der Waals surface area contributed by atoms with Gasteiger partial charge < -0.3 is 15.3 Å². The van der Waals surface area contributed by atoms with Crippen LogP contribution in [0.5, 0.6) is 17.2 Å². The molecule has 5 rings (SSSR count). The van der Waals surface area contributed by atoms with E-state index in [2.05, 4.69) is 50.2 Å². The fourth-order valence-electron chi connectivity index (χ4n) is 4.85. The van der Waals surface area contributed by atoms with Crippen LogP contribution in [0, 0.1) is 13.8 Å². The Morgan fingerprint density at radius 3 is 1.73 bits per heavy atom. The van der Waals surface area contributed by atoms with E-state index in [-0.39, 0.29) is 17.2 Å². The summed E-state index contributed by atoms with van der Waals surface area (Å²) in [6.45, 7) is 4.16. The minimum atomic E-state index is -0.726. The van der Waals surface area contributed by atoms with Crippen LogP contribution in [0.3, 0.4) is 0 Å². The topological polar surface area (TPSA) is 60.7 Å². The first kappa shape index (κ1) is 18.3. The molecule has 0 aliphatic heterocycles. The van der Waals surface area contributed by atoms with Crippen molar-refractivity contribution in [2.24, 2.45) is 0 Å². The summed E-state index contributed by atoms with van der Waals surface area (Å²) < 4.78 is 0. The molecule has 0 saturated heterocycles. The van der Waals surface area contributed by atoms with E-state index in [9.17, 15) is 15.3 Å². The average Bonchev–Trinajstić information content (AvgIpc) is 3.00. The van der Waals surface area contributed by atoms with E-state index in [4.69, 9.17) is 0 Å². The Labute approximate surface area is 175 Å². The van der Waals surface area contributed by atoms with E-state index in [0.717, 1.165) is 33.4 Å². The van der Waals surface area contributed by atoms with Gasteiger partial charge in [-0.3, -0.25) is 0 Å². The largest absolute Gasteiger partial charge is 0.508 e. The molecular formula is C27H22O3. The van der Waals surface area contributed by atoms with Gasteiger partial charge in [0, 0.05) is 0 Å². The molecule has 3 heteroatoms. The van der Waals surface area contributed by atoms with Crippen LogP contribution < -0.4 is 0 Å². The van der Waals surface area contributed by atoms with Crippen molar-refractivity contribution < 1.29 is 15.3 Å². The molecule has 30 heavy (non-hydrogen) atoms. The smallest absolute Gasteiger partial charge is 0.157 e. The standard InChI is InChI=1S/C27H22O3/c1-16-6-9-23-21(12-16)22-13-17(2)7-10-24(22)27(23,18-4-3-5-20(28)14-18)19-8-11-25(29)26(30)15-19/h3-15,28-30H,1-2H3. The van der Waals surface area contributed by atoms with E-state index >= 15 is 0 Å². The summed E-state index contributed by atoms with van der Waals surface area (Å²) in [6, 6.07) is 25.1. The molecule has 0 bridgehead atoms. The number of aryl methyl sites for hydroxylation is 2. The Morgan fingerprint density at radius 2 is 1.17 bits per heavy atom. The summed E-state index contributed by atoms with van der Waals surface area (Å²) in [7, 11) is 0. The van der Waals surface area contributed by atoms with Crippen LogP contribution in [-0.4, -0.2) is 15.3 Å². The quantitative estimate of drug-likeness (QED) is 0.333. The Balaban J connectivity index is 1.98. The van der Waals surface area contributed by atoms with Gasteiger partial charge in [-0.1, -0.05) is 65.7 Å². The van der Waals surface area contributed by atoms with Gasteiger partial charge in [-0.05, 0) is 71.5 Å². The zero-order chi connectivity index (χ0) is 21.0. The lowest BCUT2D eigenvalue weighted by Gasteiger charge is -2.34. The highest BCUT2D eigenvalue weighted by Gasteiger charge is 2.46. The summed E-state index contributed by atoms with van der Waals surface area (Å²) in [5.41, 5.74) is 7.80. The van der Waals surface area contributed by atoms with Gasteiger partial charge in [0.05, 0.1) is 5.41 Å². The predicted molar refractivity (Wildman–Crippen MR) is 118 cm³/mol. The van der Waals surface area contributed by atoms with Crippen molar-refractivity contribution in [3.05, 3.63) is 112 Å². The van der Waals surface area contributed by atoms with Crippen LogP contribution in [0.1, 0.15) is 33.4 Å². The second-order valence-electron chi connectivity index (χ2n) is 8.10. The molecule has 0 amide bonds. The van der Waals surface area contributed by atoms with Crippen LogP contribution in [-0.2, 0) is 5.41 Å². The van der Waals surface area contributed by atoms with Gasteiger partial charge in [-0.2, -0.15) is 0 Å². The maximum absolute atomic E-state index is 10.4. The van der Waals surface area contributed by atoms with Crippen LogP contribution in [0.2, 0.25) is 0 Å². The van der Waals surface area contributed by atoms with Crippen LogP contribution >= 0.6 is 0 Å². The molecule has 0 aromatic heterocycles. The molecule has 4 aromatic carbocycles. The van der Waals surface area contributed by atoms with Gasteiger partial charge in [0.1, 0.15) is 5.75 Å². The summed E-state index contributed by atoms with van der Waals surface area (Å²) in [6.07, 6.45) is 0. The molecule has 0 fully saturated rings. The summed E-state index contributed by atoms with van der Waals surface area (Å²) in [4.78, 5) is 0. The Hall–Kier alpha value is -3.72. The minimum absolute atomic E-state index is 0.156. The van der Waals surface area contributed by atoms with Crippen LogP contribution in [0.15, 0.2) is 78.9 Å². The monoisotopic (exact) mass is 394 g/mol. The van der Waals surface area contributed by atoms with Crippen molar-refractivity contribution in [1.82, 2.24) is 0 Å². The molecule has 0 saturated carbocycles. The second-order valence-corrected chi connectivity index (χ2v) is 8.10. The van der Waals surface area contributed by atoms with Crippen molar-refractivity contribution in [1.29, 1.82) is 0 Å². The summed E-state index contributed by atoms with van der Waals surface area (Å²) >= 11 is 0. The van der Waals surface area contributed by atoms with Crippen molar-refractivity contribution in [3.63, 3.8) is 0 Å². The van der Waals surface area contributed by atoms with Crippen molar-refractivity contribution in [2.45, 2.75) is 19.3 Å². The molecule has 0 unspecified atom stereocenters. The van der Waals surface area contributed by atoms with E-state index in [1.165, 1.54) is 17.2 Å². The van der Waals surface area contributed by atoms with Crippen LogP contribution in [0.4, 0.5) is 0 Å². The van der Waals surface area contributed by atoms with E-state index in [1.807, 2.05) is 18.2 Å². The zero-order valence-corrected chi connectivity index (χ0v) is 16.8. The van der Waals surface area contributed by atoms with Gasteiger partial charge in [-0.25, -0.2) is 0 Å². The number of rotatable bonds is 2. The van der Waals surface area contributed by atoms with Gasteiger partial charge >= 0.3 is 0 Å². The van der Waals surface area contributed by atoms with E-state index in [1.54, 1.807) is 18.2 Å². The van der Waals surface area contributed by atoms with Gasteiger partial charge in [0.25, 0.3) is 0 Å². The third kappa shape index (κ3) is 2.45. The van der Waals surface area contributed by atoms with Crippen molar-refractivity contribution in [2.75, 3.05) is 0 Å². The first-order chi connectivity index (χ1) is 14.4. The number of aromatic hydroxyl groups is 3. The minimum Gasteiger partial charge on any atom is -0.508 e. The van der Waals surface area contributed by atoms with Gasteiger partial charge in [0.2, 0.25) is 0 Å². The first-order valence-electron chi connectivity index (χ1n) is 9.96. The third-order valence-corrected chi connectivity index (χ3v) is 6.14. The third-order valence-electron chi connectivity index (χ3n) is 6.14. The Bertz CT molecular complexity index is 1250. The normalized spacial score (nSPS) is 13.7. The van der Waals surface area contributed by atoms with Gasteiger partial charge in [0.15, 0.2) is 11.5 Å². The highest BCUT2D eigenvalue weighted by atomic mass is 16.3.